The number of anilines is 1. The fourth-order valence-corrected chi connectivity index (χ4v) is 1.27. The molecule has 0 bridgehead atoms. The average molecular weight is 236 g/mol. The van der Waals surface area contributed by atoms with Crippen LogP contribution in [0.3, 0.4) is 0 Å². The molecule has 0 aliphatic rings. The van der Waals surface area contributed by atoms with Crippen LogP contribution in [0.1, 0.15) is 32.4 Å². The summed E-state index contributed by atoms with van der Waals surface area (Å²) in [5.41, 5.74) is 6.66. The van der Waals surface area contributed by atoms with Gasteiger partial charge in [0, 0.05) is 18.8 Å². The Bertz CT molecular complexity index is 400. The smallest absolute Gasteiger partial charge is 0.256 e. The van der Waals surface area contributed by atoms with Crippen molar-refractivity contribution in [3.05, 3.63) is 29.8 Å². The minimum absolute atomic E-state index is 0.0534. The van der Waals surface area contributed by atoms with Gasteiger partial charge in [-0.05, 0) is 38.5 Å². The highest BCUT2D eigenvalue weighted by Crippen LogP contribution is 2.17. The van der Waals surface area contributed by atoms with E-state index in [0.29, 0.717) is 0 Å². The Morgan fingerprint density at radius 3 is 2.65 bits per heavy atom. The number of methoxy groups -OCH3 is 1. The van der Waals surface area contributed by atoms with Crippen molar-refractivity contribution >= 4 is 11.6 Å². The van der Waals surface area contributed by atoms with Crippen molar-refractivity contribution in [2.75, 3.05) is 12.4 Å². The van der Waals surface area contributed by atoms with Crippen LogP contribution in [0.25, 0.3) is 0 Å². The van der Waals surface area contributed by atoms with Crippen LogP contribution >= 0.6 is 0 Å². The molecule has 3 N–H and O–H groups in total. The minimum Gasteiger partial charge on any atom is -0.369 e. The van der Waals surface area contributed by atoms with Crippen molar-refractivity contribution in [2.45, 2.75) is 32.4 Å². The van der Waals surface area contributed by atoms with Crippen LogP contribution in [0.4, 0.5) is 5.69 Å². The molecule has 94 valence electrons. The van der Waals surface area contributed by atoms with Crippen LogP contribution in [-0.2, 0) is 9.53 Å². The van der Waals surface area contributed by atoms with E-state index in [2.05, 4.69) is 5.32 Å². The van der Waals surface area contributed by atoms with E-state index in [0.717, 1.165) is 11.3 Å². The lowest BCUT2D eigenvalue weighted by Crippen LogP contribution is -2.38. The average Bonchev–Trinajstić information content (AvgIpc) is 2.29. The first kappa shape index (κ1) is 13.7. The summed E-state index contributed by atoms with van der Waals surface area (Å²) >= 11 is 0. The van der Waals surface area contributed by atoms with Crippen LogP contribution in [0.2, 0.25) is 0 Å². The van der Waals surface area contributed by atoms with Gasteiger partial charge in [0.1, 0.15) is 5.60 Å². The number of hydrogen-bond donors (Lipinski definition) is 2. The van der Waals surface area contributed by atoms with E-state index in [9.17, 15) is 4.79 Å². The molecule has 4 heteroatoms. The van der Waals surface area contributed by atoms with Gasteiger partial charge in [-0.2, -0.15) is 0 Å². The fourth-order valence-electron chi connectivity index (χ4n) is 1.27. The molecular formula is C13H20N2O2. The maximum absolute atomic E-state index is 11.9. The van der Waals surface area contributed by atoms with Crippen LogP contribution in [0.15, 0.2) is 24.3 Å². The summed E-state index contributed by atoms with van der Waals surface area (Å²) in [4.78, 5) is 11.9. The maximum atomic E-state index is 11.9. The van der Waals surface area contributed by atoms with E-state index >= 15 is 0 Å². The number of hydrogen-bond acceptors (Lipinski definition) is 3. The molecule has 1 unspecified atom stereocenters. The molecule has 0 heterocycles. The molecule has 17 heavy (non-hydrogen) atoms. The fraction of sp³-hybridized carbons (Fsp3) is 0.462. The summed E-state index contributed by atoms with van der Waals surface area (Å²) in [6, 6.07) is 7.45. The van der Waals surface area contributed by atoms with E-state index < -0.39 is 5.60 Å². The number of benzene rings is 1. The predicted molar refractivity (Wildman–Crippen MR) is 68.8 cm³/mol. The molecule has 4 nitrogen and oxygen atoms in total. The van der Waals surface area contributed by atoms with E-state index in [1.807, 2.05) is 31.2 Å². The second kappa shape index (κ2) is 5.29. The molecule has 1 atom stereocenters. The Hall–Kier alpha value is -1.39. The largest absolute Gasteiger partial charge is 0.369 e. The second-order valence-electron chi connectivity index (χ2n) is 4.58. The minimum atomic E-state index is -0.843. The highest BCUT2D eigenvalue weighted by Gasteiger charge is 2.26. The second-order valence-corrected chi connectivity index (χ2v) is 4.58. The van der Waals surface area contributed by atoms with Gasteiger partial charge in [-0.1, -0.05) is 12.1 Å². The summed E-state index contributed by atoms with van der Waals surface area (Å²) in [5, 5.41) is 2.81. The lowest BCUT2D eigenvalue weighted by atomic mass is 10.1. The van der Waals surface area contributed by atoms with Crippen molar-refractivity contribution in [3.63, 3.8) is 0 Å². The standard InChI is InChI=1S/C13H20N2O2/c1-9(14)10-6-5-7-11(8-10)15-12(16)13(2,3)17-4/h5-9H,14H2,1-4H3,(H,15,16). The SMILES string of the molecule is COC(C)(C)C(=O)Nc1cccc(C(C)N)c1. The third-order valence-electron chi connectivity index (χ3n) is 2.73. The van der Waals surface area contributed by atoms with Gasteiger partial charge >= 0.3 is 0 Å². The molecule has 0 spiro atoms. The highest BCUT2D eigenvalue weighted by atomic mass is 16.5. The molecule has 0 aliphatic heterocycles. The summed E-state index contributed by atoms with van der Waals surface area (Å²) in [5.74, 6) is -0.179. The quantitative estimate of drug-likeness (QED) is 0.841. The van der Waals surface area contributed by atoms with E-state index in [1.54, 1.807) is 13.8 Å². The van der Waals surface area contributed by atoms with Gasteiger partial charge < -0.3 is 15.8 Å². The topological polar surface area (TPSA) is 64.3 Å². The van der Waals surface area contributed by atoms with E-state index in [4.69, 9.17) is 10.5 Å². The van der Waals surface area contributed by atoms with Crippen molar-refractivity contribution in [1.29, 1.82) is 0 Å². The Morgan fingerprint density at radius 2 is 2.12 bits per heavy atom. The number of nitrogens with two attached hydrogens (primary N) is 1. The summed E-state index contributed by atoms with van der Waals surface area (Å²) < 4.78 is 5.11. The van der Waals surface area contributed by atoms with Gasteiger partial charge in [-0.3, -0.25) is 4.79 Å². The zero-order valence-corrected chi connectivity index (χ0v) is 10.8. The summed E-state index contributed by atoms with van der Waals surface area (Å²) in [6.45, 7) is 5.34. The Balaban J connectivity index is 2.82. The Morgan fingerprint density at radius 1 is 1.47 bits per heavy atom. The van der Waals surface area contributed by atoms with Gasteiger partial charge in [0.05, 0.1) is 0 Å². The van der Waals surface area contributed by atoms with Crippen LogP contribution < -0.4 is 11.1 Å². The van der Waals surface area contributed by atoms with Gasteiger partial charge in [-0.15, -0.1) is 0 Å². The van der Waals surface area contributed by atoms with Crippen LogP contribution in [-0.4, -0.2) is 18.6 Å². The lowest BCUT2D eigenvalue weighted by molar-refractivity contribution is -0.133. The Kier molecular flexibility index (Phi) is 4.26. The normalized spacial score (nSPS) is 13.2. The number of rotatable bonds is 4. The lowest BCUT2D eigenvalue weighted by Gasteiger charge is -2.22. The number of nitrogens with one attached hydrogen (secondary N) is 1. The third kappa shape index (κ3) is 3.54. The van der Waals surface area contributed by atoms with Gasteiger partial charge in [-0.25, -0.2) is 0 Å². The molecule has 0 fully saturated rings. The molecule has 0 radical (unpaired) electrons. The van der Waals surface area contributed by atoms with Crippen molar-refractivity contribution in [2.24, 2.45) is 5.73 Å². The first-order valence-corrected chi connectivity index (χ1v) is 5.59. The molecule has 0 saturated heterocycles. The molecule has 1 aromatic carbocycles. The Labute approximate surface area is 102 Å². The zero-order chi connectivity index (χ0) is 13.1. The zero-order valence-electron chi connectivity index (χ0n) is 10.8. The number of carbonyl (C=O) groups excluding carboxylic acids is 1. The van der Waals surface area contributed by atoms with Gasteiger partial charge in [0.2, 0.25) is 0 Å². The van der Waals surface area contributed by atoms with Crippen molar-refractivity contribution in [3.8, 4) is 0 Å². The molecule has 0 aromatic heterocycles. The van der Waals surface area contributed by atoms with Crippen molar-refractivity contribution in [1.82, 2.24) is 0 Å². The predicted octanol–water partition coefficient (Wildman–Crippen LogP) is 2.07. The molecule has 1 aromatic rings. The van der Waals surface area contributed by atoms with Crippen LogP contribution in [0, 0.1) is 0 Å². The number of ether oxygens (including phenoxy) is 1. The number of carbonyl (C=O) groups is 1. The van der Waals surface area contributed by atoms with Gasteiger partial charge in [0.25, 0.3) is 5.91 Å². The first-order chi connectivity index (χ1) is 7.86. The first-order valence-electron chi connectivity index (χ1n) is 5.59. The molecule has 0 saturated carbocycles. The third-order valence-corrected chi connectivity index (χ3v) is 2.73. The summed E-state index contributed by atoms with van der Waals surface area (Å²) in [6.07, 6.45) is 0. The molecule has 1 amide bonds. The number of amides is 1. The maximum Gasteiger partial charge on any atom is 0.256 e. The molecule has 0 aliphatic carbocycles. The van der Waals surface area contributed by atoms with E-state index in [1.165, 1.54) is 7.11 Å². The summed E-state index contributed by atoms with van der Waals surface area (Å²) in [7, 11) is 1.51. The van der Waals surface area contributed by atoms with Crippen molar-refractivity contribution < 1.29 is 9.53 Å². The molecule has 1 rings (SSSR count). The van der Waals surface area contributed by atoms with E-state index in [-0.39, 0.29) is 11.9 Å². The highest BCUT2D eigenvalue weighted by molar-refractivity contribution is 5.96. The van der Waals surface area contributed by atoms with Crippen LogP contribution in [0.5, 0.6) is 0 Å². The monoisotopic (exact) mass is 236 g/mol. The van der Waals surface area contributed by atoms with Gasteiger partial charge in [0.15, 0.2) is 0 Å². The molecular weight excluding hydrogens is 216 g/mol.